The van der Waals surface area contributed by atoms with Crippen LogP contribution < -0.4 is 10.1 Å². The van der Waals surface area contributed by atoms with E-state index in [1.54, 1.807) is 0 Å². The van der Waals surface area contributed by atoms with Crippen LogP contribution in [-0.2, 0) is 11.3 Å². The molecule has 0 fully saturated rings. The minimum atomic E-state index is -0.552. The van der Waals surface area contributed by atoms with Crippen molar-refractivity contribution in [1.82, 2.24) is 5.32 Å². The number of amides is 2. The van der Waals surface area contributed by atoms with Crippen molar-refractivity contribution in [1.29, 1.82) is 0 Å². The van der Waals surface area contributed by atoms with Crippen molar-refractivity contribution in [3.63, 3.8) is 0 Å². The van der Waals surface area contributed by atoms with Crippen LogP contribution in [-0.4, -0.2) is 24.9 Å². The van der Waals surface area contributed by atoms with Gasteiger partial charge >= 0.3 is 5.97 Å². The molecule has 2 heterocycles. The van der Waals surface area contributed by atoms with Gasteiger partial charge in [0, 0.05) is 5.56 Å². The van der Waals surface area contributed by atoms with Crippen LogP contribution in [0, 0.1) is 0 Å². The Labute approximate surface area is 95.5 Å². The molecule has 0 saturated heterocycles. The average molecular weight is 233 g/mol. The molecule has 0 spiro atoms. The third kappa shape index (κ3) is 1.12. The number of nitrogens with one attached hydrogen (secondary N) is 1. The number of methoxy groups -OCH3 is 1. The first-order valence-corrected chi connectivity index (χ1v) is 4.90. The first-order valence-electron chi connectivity index (χ1n) is 4.90. The van der Waals surface area contributed by atoms with E-state index < -0.39 is 17.8 Å². The maximum Gasteiger partial charge on any atom is 0.342 e. The zero-order valence-corrected chi connectivity index (χ0v) is 8.83. The molecule has 0 aliphatic carbocycles. The highest BCUT2D eigenvalue weighted by atomic mass is 16.5. The number of cyclic esters (lactones) is 1. The van der Waals surface area contributed by atoms with E-state index in [9.17, 15) is 14.4 Å². The summed E-state index contributed by atoms with van der Waals surface area (Å²) < 4.78 is 9.93. The Morgan fingerprint density at radius 2 is 2.00 bits per heavy atom. The molecule has 2 aliphatic heterocycles. The van der Waals surface area contributed by atoms with Gasteiger partial charge in [0.15, 0.2) is 0 Å². The molecule has 6 nitrogen and oxygen atoms in total. The SMILES string of the molecule is COc1c2c(cc3c1C(=O)NC3=O)COC2=O. The lowest BCUT2D eigenvalue weighted by atomic mass is 9.99. The monoisotopic (exact) mass is 233 g/mol. The maximum absolute atomic E-state index is 11.6. The Morgan fingerprint density at radius 1 is 1.24 bits per heavy atom. The lowest BCUT2D eigenvalue weighted by molar-refractivity contribution is 0.0533. The molecule has 17 heavy (non-hydrogen) atoms. The van der Waals surface area contributed by atoms with Crippen molar-refractivity contribution in [2.75, 3.05) is 7.11 Å². The number of esters is 1. The Bertz CT molecular complexity index is 590. The fourth-order valence-electron chi connectivity index (χ4n) is 2.11. The van der Waals surface area contributed by atoms with E-state index in [-0.39, 0.29) is 29.0 Å². The molecule has 6 heteroatoms. The van der Waals surface area contributed by atoms with E-state index in [2.05, 4.69) is 5.32 Å². The van der Waals surface area contributed by atoms with Gasteiger partial charge in [-0.05, 0) is 6.07 Å². The molecule has 86 valence electrons. The fraction of sp³-hybridized carbons (Fsp3) is 0.182. The molecule has 0 unspecified atom stereocenters. The van der Waals surface area contributed by atoms with Crippen molar-refractivity contribution in [3.05, 3.63) is 28.3 Å². The number of fused-ring (bicyclic) bond motifs is 2. The van der Waals surface area contributed by atoms with Crippen molar-refractivity contribution < 1.29 is 23.9 Å². The molecule has 1 aromatic carbocycles. The zero-order chi connectivity index (χ0) is 12.2. The first-order chi connectivity index (χ1) is 8.13. The molecular formula is C11H7NO5. The summed E-state index contributed by atoms with van der Waals surface area (Å²) in [7, 11) is 1.34. The summed E-state index contributed by atoms with van der Waals surface area (Å²) in [6, 6.07) is 1.50. The average Bonchev–Trinajstić information content (AvgIpc) is 2.80. The van der Waals surface area contributed by atoms with E-state index in [1.807, 2.05) is 0 Å². The number of carbonyl (C=O) groups excluding carboxylic acids is 3. The summed E-state index contributed by atoms with van der Waals surface area (Å²) in [5.41, 5.74) is 1.13. The number of carbonyl (C=O) groups is 3. The van der Waals surface area contributed by atoms with E-state index >= 15 is 0 Å². The molecular weight excluding hydrogens is 226 g/mol. The second-order valence-corrected chi connectivity index (χ2v) is 3.73. The van der Waals surface area contributed by atoms with Crippen molar-refractivity contribution >= 4 is 17.8 Å². The van der Waals surface area contributed by atoms with Gasteiger partial charge in [0.05, 0.1) is 18.2 Å². The number of rotatable bonds is 1. The van der Waals surface area contributed by atoms with Crippen LogP contribution in [0.3, 0.4) is 0 Å². The quantitative estimate of drug-likeness (QED) is 0.555. The van der Waals surface area contributed by atoms with Crippen LogP contribution in [0.2, 0.25) is 0 Å². The molecule has 0 bridgehead atoms. The largest absolute Gasteiger partial charge is 0.495 e. The van der Waals surface area contributed by atoms with Gasteiger partial charge in [-0.15, -0.1) is 0 Å². The molecule has 2 amide bonds. The van der Waals surface area contributed by atoms with Gasteiger partial charge in [-0.1, -0.05) is 0 Å². The molecule has 1 N–H and O–H groups in total. The number of benzene rings is 1. The number of hydrogen-bond donors (Lipinski definition) is 1. The van der Waals surface area contributed by atoms with Crippen LogP contribution in [0.25, 0.3) is 0 Å². The van der Waals surface area contributed by atoms with Crippen molar-refractivity contribution in [2.24, 2.45) is 0 Å². The van der Waals surface area contributed by atoms with Crippen molar-refractivity contribution in [2.45, 2.75) is 6.61 Å². The topological polar surface area (TPSA) is 81.7 Å². The second kappa shape index (κ2) is 3.07. The highest BCUT2D eigenvalue weighted by molar-refractivity contribution is 6.24. The van der Waals surface area contributed by atoms with E-state index in [4.69, 9.17) is 9.47 Å². The van der Waals surface area contributed by atoms with Crippen LogP contribution in [0.15, 0.2) is 6.07 Å². The van der Waals surface area contributed by atoms with Gasteiger partial charge in [0.25, 0.3) is 11.8 Å². The molecule has 0 radical (unpaired) electrons. The van der Waals surface area contributed by atoms with Gasteiger partial charge in [-0.25, -0.2) is 4.79 Å². The molecule has 0 atom stereocenters. The standard InChI is InChI=1S/C11H7NO5/c1-16-8-6-4(3-17-11(6)15)2-5-7(8)10(14)12-9(5)13/h2H,3H2,1H3,(H,12,13,14). The minimum absolute atomic E-state index is 0.0965. The van der Waals surface area contributed by atoms with Crippen LogP contribution in [0.1, 0.15) is 36.6 Å². The smallest absolute Gasteiger partial charge is 0.342 e. The maximum atomic E-state index is 11.6. The van der Waals surface area contributed by atoms with Gasteiger partial charge in [0.2, 0.25) is 0 Å². The highest BCUT2D eigenvalue weighted by Gasteiger charge is 2.37. The van der Waals surface area contributed by atoms with Crippen LogP contribution >= 0.6 is 0 Å². The summed E-state index contributed by atoms with van der Waals surface area (Å²) in [5.74, 6) is -1.45. The van der Waals surface area contributed by atoms with Crippen molar-refractivity contribution in [3.8, 4) is 5.75 Å². The highest BCUT2D eigenvalue weighted by Crippen LogP contribution is 2.36. The lowest BCUT2D eigenvalue weighted by Crippen LogP contribution is -2.20. The summed E-state index contributed by atoms with van der Waals surface area (Å²) in [4.78, 5) is 34.6. The fourth-order valence-corrected chi connectivity index (χ4v) is 2.11. The summed E-state index contributed by atoms with van der Waals surface area (Å²) in [6.45, 7) is 0.0965. The van der Waals surface area contributed by atoms with E-state index in [0.717, 1.165) is 0 Å². The molecule has 1 aromatic rings. The summed E-state index contributed by atoms with van der Waals surface area (Å²) >= 11 is 0. The molecule has 0 aromatic heterocycles. The Balaban J connectivity index is 2.38. The van der Waals surface area contributed by atoms with Gasteiger partial charge < -0.3 is 9.47 Å². The summed E-state index contributed by atoms with van der Waals surface area (Å²) in [6.07, 6.45) is 0. The number of ether oxygens (including phenoxy) is 2. The Morgan fingerprint density at radius 3 is 2.71 bits per heavy atom. The minimum Gasteiger partial charge on any atom is -0.495 e. The van der Waals surface area contributed by atoms with Crippen LogP contribution in [0.4, 0.5) is 0 Å². The van der Waals surface area contributed by atoms with E-state index in [0.29, 0.717) is 5.56 Å². The third-order valence-corrected chi connectivity index (χ3v) is 2.83. The number of hydrogen-bond acceptors (Lipinski definition) is 5. The normalized spacial score (nSPS) is 16.4. The van der Waals surface area contributed by atoms with Gasteiger partial charge in [-0.3, -0.25) is 14.9 Å². The molecule has 2 aliphatic rings. The predicted molar refractivity (Wildman–Crippen MR) is 53.9 cm³/mol. The first kappa shape index (κ1) is 9.83. The Hall–Kier alpha value is -2.37. The Kier molecular flexibility index (Phi) is 1.77. The van der Waals surface area contributed by atoms with Crippen LogP contribution in [0.5, 0.6) is 5.75 Å². The number of imide groups is 1. The molecule has 0 saturated carbocycles. The van der Waals surface area contributed by atoms with Gasteiger partial charge in [0.1, 0.15) is 17.9 Å². The lowest BCUT2D eigenvalue weighted by Gasteiger charge is -2.07. The third-order valence-electron chi connectivity index (χ3n) is 2.83. The second-order valence-electron chi connectivity index (χ2n) is 3.73. The van der Waals surface area contributed by atoms with E-state index in [1.165, 1.54) is 13.2 Å². The predicted octanol–water partition coefficient (Wildman–Crippen LogP) is 0.249. The van der Waals surface area contributed by atoms with Gasteiger partial charge in [-0.2, -0.15) is 0 Å². The summed E-state index contributed by atoms with van der Waals surface area (Å²) in [5, 5.41) is 2.16. The zero-order valence-electron chi connectivity index (χ0n) is 8.83. The molecule has 3 rings (SSSR count).